The third-order valence-corrected chi connectivity index (χ3v) is 4.25. The van der Waals surface area contributed by atoms with Crippen LogP contribution in [0.4, 0.5) is 0 Å². The second-order valence-corrected chi connectivity index (χ2v) is 6.03. The Hall–Kier alpha value is -1.14. The average molecular weight is 284 g/mol. The summed E-state index contributed by atoms with van der Waals surface area (Å²) >= 11 is 0. The molecule has 2 aliphatic rings. The van der Waals surface area contributed by atoms with E-state index in [4.69, 9.17) is 15.6 Å². The first kappa shape index (κ1) is 15.3. The van der Waals surface area contributed by atoms with Gasteiger partial charge >= 0.3 is 5.97 Å². The Morgan fingerprint density at radius 3 is 2.65 bits per heavy atom. The fourth-order valence-electron chi connectivity index (χ4n) is 3.11. The molecule has 0 radical (unpaired) electrons. The van der Waals surface area contributed by atoms with Crippen molar-refractivity contribution < 1.29 is 19.4 Å². The number of nitrogens with zero attached hydrogens (tertiary/aromatic N) is 1. The smallest absolute Gasteiger partial charge is 0.306 e. The maximum atomic E-state index is 12.3. The zero-order valence-electron chi connectivity index (χ0n) is 11.8. The van der Waals surface area contributed by atoms with Crippen LogP contribution in [-0.2, 0) is 14.3 Å². The molecule has 0 bridgehead atoms. The van der Waals surface area contributed by atoms with Crippen molar-refractivity contribution in [2.45, 2.75) is 56.6 Å². The summed E-state index contributed by atoms with van der Waals surface area (Å²) in [6.07, 6.45) is 5.10. The molecule has 2 rings (SSSR count). The quantitative estimate of drug-likeness (QED) is 0.794. The minimum absolute atomic E-state index is 0.0353. The van der Waals surface area contributed by atoms with Crippen LogP contribution in [0.2, 0.25) is 0 Å². The zero-order chi connectivity index (χ0) is 14.6. The van der Waals surface area contributed by atoms with Crippen LogP contribution < -0.4 is 5.73 Å². The molecule has 3 N–H and O–H groups in total. The van der Waals surface area contributed by atoms with Crippen LogP contribution in [-0.4, -0.2) is 53.2 Å². The fraction of sp³-hybridized carbons (Fsp3) is 0.857. The molecular formula is C14H24N2O4. The predicted molar refractivity (Wildman–Crippen MR) is 73.2 cm³/mol. The van der Waals surface area contributed by atoms with E-state index >= 15 is 0 Å². The van der Waals surface area contributed by atoms with Crippen molar-refractivity contribution in [1.29, 1.82) is 0 Å². The topological polar surface area (TPSA) is 92.9 Å². The van der Waals surface area contributed by atoms with Gasteiger partial charge in [0.15, 0.2) is 0 Å². The van der Waals surface area contributed by atoms with Crippen LogP contribution in [0.5, 0.6) is 0 Å². The number of carboxylic acids is 1. The highest BCUT2D eigenvalue weighted by molar-refractivity contribution is 5.77. The molecule has 114 valence electrons. The van der Waals surface area contributed by atoms with Crippen molar-refractivity contribution in [3.05, 3.63) is 0 Å². The Kier molecular flexibility index (Phi) is 4.99. The van der Waals surface area contributed by atoms with Gasteiger partial charge in [0.05, 0.1) is 19.1 Å². The fourth-order valence-corrected chi connectivity index (χ4v) is 3.11. The number of carboxylic acid groups (broad SMARTS) is 1. The molecule has 1 aliphatic carbocycles. The molecule has 1 amide bonds. The van der Waals surface area contributed by atoms with Gasteiger partial charge in [-0.2, -0.15) is 0 Å². The van der Waals surface area contributed by atoms with Gasteiger partial charge in [-0.1, -0.05) is 19.3 Å². The van der Waals surface area contributed by atoms with Gasteiger partial charge in [-0.05, 0) is 12.8 Å². The normalized spacial score (nSPS) is 26.2. The number of nitrogens with two attached hydrogens (primary N) is 1. The molecule has 0 spiro atoms. The van der Waals surface area contributed by atoms with Gasteiger partial charge in [0.2, 0.25) is 5.91 Å². The van der Waals surface area contributed by atoms with Gasteiger partial charge in [-0.15, -0.1) is 0 Å². The number of aliphatic carboxylic acids is 1. The SMILES string of the molecule is NC1(CC(=O)N2CCOC(CC(=O)O)C2)CCCCC1. The van der Waals surface area contributed by atoms with Gasteiger partial charge < -0.3 is 20.5 Å². The van der Waals surface area contributed by atoms with E-state index in [1.54, 1.807) is 4.90 Å². The van der Waals surface area contributed by atoms with Crippen molar-refractivity contribution in [1.82, 2.24) is 4.90 Å². The first-order valence-electron chi connectivity index (χ1n) is 7.39. The standard InChI is InChI=1S/C14H24N2O4/c15-14(4-2-1-3-5-14)9-12(17)16-6-7-20-11(10-16)8-13(18)19/h11H,1-10,15H2,(H,18,19). The maximum Gasteiger partial charge on any atom is 0.306 e. The van der Waals surface area contributed by atoms with Crippen molar-refractivity contribution >= 4 is 11.9 Å². The van der Waals surface area contributed by atoms with Gasteiger partial charge in [-0.3, -0.25) is 9.59 Å². The molecule has 6 heteroatoms. The lowest BCUT2D eigenvalue weighted by Gasteiger charge is -2.37. The lowest BCUT2D eigenvalue weighted by Crippen LogP contribution is -2.51. The summed E-state index contributed by atoms with van der Waals surface area (Å²) in [5, 5.41) is 8.79. The van der Waals surface area contributed by atoms with E-state index in [1.807, 2.05) is 0 Å². The highest BCUT2D eigenvalue weighted by Crippen LogP contribution is 2.29. The molecule has 2 fully saturated rings. The second kappa shape index (κ2) is 6.54. The summed E-state index contributed by atoms with van der Waals surface area (Å²) < 4.78 is 5.38. The number of carbonyl (C=O) groups is 2. The summed E-state index contributed by atoms with van der Waals surface area (Å²) in [5.74, 6) is -0.861. The second-order valence-electron chi connectivity index (χ2n) is 6.03. The van der Waals surface area contributed by atoms with Gasteiger partial charge in [-0.25, -0.2) is 0 Å². The van der Waals surface area contributed by atoms with Gasteiger partial charge in [0.25, 0.3) is 0 Å². The Morgan fingerprint density at radius 1 is 1.30 bits per heavy atom. The Morgan fingerprint density at radius 2 is 2.00 bits per heavy atom. The lowest BCUT2D eigenvalue weighted by molar-refractivity contribution is -0.148. The Bertz CT molecular complexity index is 366. The third kappa shape index (κ3) is 4.18. The summed E-state index contributed by atoms with van der Waals surface area (Å²) in [7, 11) is 0. The molecule has 1 heterocycles. The number of hydrogen-bond acceptors (Lipinski definition) is 4. The number of hydrogen-bond donors (Lipinski definition) is 2. The molecule has 0 aromatic rings. The Labute approximate surface area is 119 Å². The Balaban J connectivity index is 1.86. The van der Waals surface area contributed by atoms with Gasteiger partial charge in [0, 0.05) is 25.0 Å². The van der Waals surface area contributed by atoms with Crippen LogP contribution in [0.1, 0.15) is 44.9 Å². The van der Waals surface area contributed by atoms with Crippen LogP contribution in [0.15, 0.2) is 0 Å². The van der Waals surface area contributed by atoms with Crippen LogP contribution >= 0.6 is 0 Å². The van der Waals surface area contributed by atoms with Crippen LogP contribution in [0.3, 0.4) is 0 Å². The molecule has 20 heavy (non-hydrogen) atoms. The highest BCUT2D eigenvalue weighted by Gasteiger charge is 2.33. The van der Waals surface area contributed by atoms with Gasteiger partial charge in [0.1, 0.15) is 0 Å². The van der Waals surface area contributed by atoms with Crippen molar-refractivity contribution in [2.75, 3.05) is 19.7 Å². The number of amides is 1. The minimum Gasteiger partial charge on any atom is -0.481 e. The highest BCUT2D eigenvalue weighted by atomic mass is 16.5. The zero-order valence-corrected chi connectivity index (χ0v) is 11.8. The number of morpholine rings is 1. The molecular weight excluding hydrogens is 260 g/mol. The molecule has 0 aromatic carbocycles. The predicted octanol–water partition coefficient (Wildman–Crippen LogP) is 0.740. The van der Waals surface area contributed by atoms with Crippen LogP contribution in [0.25, 0.3) is 0 Å². The molecule has 1 unspecified atom stereocenters. The number of rotatable bonds is 4. The van der Waals surface area contributed by atoms with Crippen LogP contribution in [0, 0.1) is 0 Å². The van der Waals surface area contributed by atoms with E-state index in [1.165, 1.54) is 6.42 Å². The molecule has 1 saturated heterocycles. The number of ether oxygens (including phenoxy) is 1. The van der Waals surface area contributed by atoms with E-state index < -0.39 is 12.1 Å². The monoisotopic (exact) mass is 284 g/mol. The summed E-state index contributed by atoms with van der Waals surface area (Å²) in [6.45, 7) is 1.30. The molecule has 1 saturated carbocycles. The molecule has 1 atom stereocenters. The van der Waals surface area contributed by atoms with Crippen molar-refractivity contribution in [3.8, 4) is 0 Å². The van der Waals surface area contributed by atoms with E-state index in [2.05, 4.69) is 0 Å². The van der Waals surface area contributed by atoms with Crippen molar-refractivity contribution in [3.63, 3.8) is 0 Å². The largest absolute Gasteiger partial charge is 0.481 e. The molecule has 0 aromatic heterocycles. The van der Waals surface area contributed by atoms with Crippen molar-refractivity contribution in [2.24, 2.45) is 5.73 Å². The number of carbonyl (C=O) groups excluding carboxylic acids is 1. The first-order chi connectivity index (χ1) is 9.48. The van der Waals surface area contributed by atoms with E-state index in [9.17, 15) is 9.59 Å². The van der Waals surface area contributed by atoms with E-state index in [0.29, 0.717) is 26.1 Å². The summed E-state index contributed by atoms with van der Waals surface area (Å²) in [6, 6.07) is 0. The average Bonchev–Trinajstić information content (AvgIpc) is 2.38. The summed E-state index contributed by atoms with van der Waals surface area (Å²) in [5.41, 5.74) is 5.94. The van der Waals surface area contributed by atoms with E-state index in [0.717, 1.165) is 25.7 Å². The molecule has 6 nitrogen and oxygen atoms in total. The molecule has 1 aliphatic heterocycles. The van der Waals surface area contributed by atoms with E-state index in [-0.39, 0.29) is 17.9 Å². The maximum absolute atomic E-state index is 12.3. The summed E-state index contributed by atoms with van der Waals surface area (Å²) in [4.78, 5) is 24.8. The lowest BCUT2D eigenvalue weighted by atomic mass is 9.80. The first-order valence-corrected chi connectivity index (χ1v) is 7.39. The minimum atomic E-state index is -0.896. The third-order valence-electron chi connectivity index (χ3n) is 4.25.